The zero-order chi connectivity index (χ0) is 18.9. The molecule has 0 spiro atoms. The van der Waals surface area contributed by atoms with Gasteiger partial charge in [0.15, 0.2) is 0 Å². The van der Waals surface area contributed by atoms with Gasteiger partial charge in [0.2, 0.25) is 0 Å². The first-order valence-electron chi connectivity index (χ1n) is 8.07. The lowest BCUT2D eigenvalue weighted by Crippen LogP contribution is -2.28. The van der Waals surface area contributed by atoms with E-state index in [1.165, 1.54) is 29.2 Å². The Bertz CT molecular complexity index is 956. The highest BCUT2D eigenvalue weighted by atomic mass is 32.1. The minimum Gasteiger partial charge on any atom is -0.309 e. The third-order valence-electron chi connectivity index (χ3n) is 4.03. The maximum atomic E-state index is 12.9. The van der Waals surface area contributed by atoms with Gasteiger partial charge in [-0.25, -0.2) is 4.98 Å². The third-order valence-corrected chi connectivity index (χ3v) is 4.97. The molecule has 0 aliphatic carbocycles. The Morgan fingerprint density at radius 2 is 1.85 bits per heavy atom. The van der Waals surface area contributed by atoms with Crippen LogP contribution in [-0.2, 0) is 12.7 Å². The molecule has 0 saturated carbocycles. The Labute approximate surface area is 152 Å². The number of benzene rings is 1. The van der Waals surface area contributed by atoms with E-state index in [9.17, 15) is 18.0 Å². The fourth-order valence-electron chi connectivity index (χ4n) is 2.57. The molecule has 0 atom stereocenters. The predicted molar refractivity (Wildman–Crippen MR) is 96.4 cm³/mol. The summed E-state index contributed by atoms with van der Waals surface area (Å²) in [5.41, 5.74) is 0.498. The third kappa shape index (κ3) is 3.88. The monoisotopic (exact) mass is 378 g/mol. The molecule has 3 nitrogen and oxygen atoms in total. The Morgan fingerprint density at radius 3 is 2.46 bits per heavy atom. The molecule has 2 aromatic heterocycles. The van der Waals surface area contributed by atoms with E-state index in [1.807, 2.05) is 24.3 Å². The number of nitrogens with zero attached hydrogens (tertiary/aromatic N) is 2. The molecule has 0 N–H and O–H groups in total. The van der Waals surface area contributed by atoms with Gasteiger partial charge in [-0.1, -0.05) is 38.1 Å². The lowest BCUT2D eigenvalue weighted by molar-refractivity contribution is -0.138. The standard InChI is InChI=1S/C19H17F3N2OS/c1-12(2)13-5-7-14(8-6-13)17-23-15(11-26-17)10-24-9-3-4-16(18(24)25)19(20,21)22/h3-9,11-12H,10H2,1-2H3. The lowest BCUT2D eigenvalue weighted by atomic mass is 10.0. The van der Waals surface area contributed by atoms with Crippen molar-refractivity contribution in [2.24, 2.45) is 0 Å². The van der Waals surface area contributed by atoms with Crippen molar-refractivity contribution in [1.82, 2.24) is 9.55 Å². The van der Waals surface area contributed by atoms with E-state index < -0.39 is 17.3 Å². The molecule has 136 valence electrons. The average molecular weight is 378 g/mol. The number of rotatable bonds is 4. The topological polar surface area (TPSA) is 34.9 Å². The molecule has 0 aliphatic heterocycles. The summed E-state index contributed by atoms with van der Waals surface area (Å²) in [6.45, 7) is 4.23. The van der Waals surface area contributed by atoms with Crippen molar-refractivity contribution in [3.05, 3.63) is 75.1 Å². The molecule has 0 aliphatic rings. The first kappa shape index (κ1) is 18.4. The summed E-state index contributed by atoms with van der Waals surface area (Å²) in [6.07, 6.45) is -3.32. The van der Waals surface area contributed by atoms with Crippen molar-refractivity contribution in [2.45, 2.75) is 32.5 Å². The van der Waals surface area contributed by atoms with Crippen LogP contribution in [0.3, 0.4) is 0 Å². The first-order valence-corrected chi connectivity index (χ1v) is 8.95. The average Bonchev–Trinajstić information content (AvgIpc) is 3.04. The van der Waals surface area contributed by atoms with E-state index in [0.29, 0.717) is 11.6 Å². The molecule has 0 bridgehead atoms. The van der Waals surface area contributed by atoms with Gasteiger partial charge in [0.05, 0.1) is 12.2 Å². The summed E-state index contributed by atoms with van der Waals surface area (Å²) in [5, 5.41) is 2.54. The molecule has 2 heterocycles. The first-order chi connectivity index (χ1) is 12.3. The molecule has 0 radical (unpaired) electrons. The van der Waals surface area contributed by atoms with E-state index in [4.69, 9.17) is 0 Å². The number of halogens is 3. The maximum absolute atomic E-state index is 12.9. The highest BCUT2D eigenvalue weighted by molar-refractivity contribution is 7.13. The molecule has 0 amide bonds. The van der Waals surface area contributed by atoms with Gasteiger partial charge in [-0.15, -0.1) is 11.3 Å². The number of alkyl halides is 3. The number of hydrogen-bond acceptors (Lipinski definition) is 3. The molecule has 0 unspecified atom stereocenters. The smallest absolute Gasteiger partial charge is 0.309 e. The Morgan fingerprint density at radius 1 is 1.15 bits per heavy atom. The Hall–Kier alpha value is -2.41. The van der Waals surface area contributed by atoms with Crippen LogP contribution in [-0.4, -0.2) is 9.55 Å². The molecular weight excluding hydrogens is 361 g/mol. The van der Waals surface area contributed by atoms with Crippen molar-refractivity contribution in [2.75, 3.05) is 0 Å². The fourth-order valence-corrected chi connectivity index (χ4v) is 3.39. The van der Waals surface area contributed by atoms with Crippen molar-refractivity contribution in [1.29, 1.82) is 0 Å². The maximum Gasteiger partial charge on any atom is 0.421 e. The summed E-state index contributed by atoms with van der Waals surface area (Å²) in [6, 6.07) is 10.1. The molecule has 26 heavy (non-hydrogen) atoms. The molecule has 1 aromatic carbocycles. The van der Waals surface area contributed by atoms with Gasteiger partial charge in [-0.3, -0.25) is 4.79 Å². The number of pyridine rings is 1. The van der Waals surface area contributed by atoms with E-state index in [-0.39, 0.29) is 6.54 Å². The van der Waals surface area contributed by atoms with E-state index in [1.54, 1.807) is 5.38 Å². The van der Waals surface area contributed by atoms with Gasteiger partial charge in [0.1, 0.15) is 10.6 Å². The molecule has 3 rings (SSSR count). The molecule has 7 heteroatoms. The largest absolute Gasteiger partial charge is 0.421 e. The minimum atomic E-state index is -4.66. The fraction of sp³-hybridized carbons (Fsp3) is 0.263. The summed E-state index contributed by atoms with van der Waals surface area (Å²) in [7, 11) is 0. The van der Waals surface area contributed by atoms with Crippen LogP contribution in [0.4, 0.5) is 13.2 Å². The molecule has 0 saturated heterocycles. The van der Waals surface area contributed by atoms with Crippen LogP contribution in [0.25, 0.3) is 10.6 Å². The Balaban J connectivity index is 1.84. The number of hydrogen-bond donors (Lipinski definition) is 0. The van der Waals surface area contributed by atoms with Crippen molar-refractivity contribution < 1.29 is 13.2 Å². The van der Waals surface area contributed by atoms with Crippen LogP contribution in [0.5, 0.6) is 0 Å². The molecule has 0 fully saturated rings. The van der Waals surface area contributed by atoms with Gasteiger partial charge < -0.3 is 4.57 Å². The van der Waals surface area contributed by atoms with Gasteiger partial charge >= 0.3 is 6.18 Å². The molecule has 3 aromatic rings. The summed E-state index contributed by atoms with van der Waals surface area (Å²) in [4.78, 5) is 16.5. The zero-order valence-corrected chi connectivity index (χ0v) is 15.1. The summed E-state index contributed by atoms with van der Waals surface area (Å²) in [5.74, 6) is 0.434. The van der Waals surface area contributed by atoms with Crippen molar-refractivity contribution >= 4 is 11.3 Å². The summed E-state index contributed by atoms with van der Waals surface area (Å²) >= 11 is 1.40. The zero-order valence-electron chi connectivity index (χ0n) is 14.2. The second kappa shape index (κ2) is 7.07. The number of thiazole rings is 1. The highest BCUT2D eigenvalue weighted by Crippen LogP contribution is 2.27. The van der Waals surface area contributed by atoms with E-state index in [0.717, 1.165) is 21.2 Å². The number of aromatic nitrogens is 2. The predicted octanol–water partition coefficient (Wildman–Crippen LogP) is 5.16. The van der Waals surface area contributed by atoms with Crippen molar-refractivity contribution in [3.63, 3.8) is 0 Å². The van der Waals surface area contributed by atoms with Gasteiger partial charge in [0.25, 0.3) is 5.56 Å². The van der Waals surface area contributed by atoms with E-state index >= 15 is 0 Å². The summed E-state index contributed by atoms with van der Waals surface area (Å²) < 4.78 is 39.6. The highest BCUT2D eigenvalue weighted by Gasteiger charge is 2.34. The Kier molecular flexibility index (Phi) is 5.00. The molecular formula is C19H17F3N2OS. The van der Waals surface area contributed by atoms with Gasteiger partial charge in [-0.05, 0) is 23.6 Å². The second-order valence-electron chi connectivity index (χ2n) is 6.27. The minimum absolute atomic E-state index is 0.00330. The lowest BCUT2D eigenvalue weighted by Gasteiger charge is -2.09. The van der Waals surface area contributed by atoms with Crippen LogP contribution in [0, 0.1) is 0 Å². The van der Waals surface area contributed by atoms with Gasteiger partial charge in [-0.2, -0.15) is 13.2 Å². The SMILES string of the molecule is CC(C)c1ccc(-c2nc(Cn3cccc(C(F)(F)F)c3=O)cs2)cc1. The van der Waals surface area contributed by atoms with Crippen molar-refractivity contribution in [3.8, 4) is 10.6 Å². The van der Waals surface area contributed by atoms with E-state index in [2.05, 4.69) is 18.8 Å². The second-order valence-corrected chi connectivity index (χ2v) is 7.13. The van der Waals surface area contributed by atoms with Gasteiger partial charge in [0, 0.05) is 17.1 Å². The normalized spacial score (nSPS) is 11.9. The van der Waals surface area contributed by atoms with Crippen LogP contribution < -0.4 is 5.56 Å². The van der Waals surface area contributed by atoms with Crippen LogP contribution in [0.1, 0.15) is 36.6 Å². The quantitative estimate of drug-likeness (QED) is 0.628. The van der Waals surface area contributed by atoms with Crippen LogP contribution >= 0.6 is 11.3 Å². The van der Waals surface area contributed by atoms with Crippen LogP contribution in [0.2, 0.25) is 0 Å². The van der Waals surface area contributed by atoms with Crippen LogP contribution in [0.15, 0.2) is 52.8 Å².